The number of aliphatic imine (C=N–C) groups is 1. The van der Waals surface area contributed by atoms with Crippen molar-refractivity contribution in [1.29, 1.82) is 0 Å². The molecule has 0 spiro atoms. The number of ether oxygens (including phenoxy) is 1. The van der Waals surface area contributed by atoms with Crippen LogP contribution in [-0.4, -0.2) is 69.8 Å². The minimum atomic E-state index is -0.491. The number of aromatic nitrogens is 3. The first-order valence-electron chi connectivity index (χ1n) is 11.6. The average Bonchev–Trinajstić information content (AvgIpc) is 3.24. The van der Waals surface area contributed by atoms with Gasteiger partial charge in [-0.15, -0.1) is 10.2 Å². The number of nitro groups is 1. The molecule has 0 amide bonds. The van der Waals surface area contributed by atoms with Crippen molar-refractivity contribution in [3.05, 3.63) is 75.6 Å². The molecule has 3 aromatic rings. The zero-order valence-corrected chi connectivity index (χ0v) is 21.3. The molecule has 0 saturated carbocycles. The number of non-ortho nitro benzene ring substituents is 1. The summed E-state index contributed by atoms with van der Waals surface area (Å²) in [5.74, 6) is 1.08. The number of esters is 1. The van der Waals surface area contributed by atoms with Gasteiger partial charge in [-0.2, -0.15) is 0 Å². The van der Waals surface area contributed by atoms with Gasteiger partial charge in [0.25, 0.3) is 5.69 Å². The average molecular weight is 509 g/mol. The van der Waals surface area contributed by atoms with Crippen LogP contribution in [0.2, 0.25) is 0 Å². The van der Waals surface area contributed by atoms with Gasteiger partial charge in [0.1, 0.15) is 6.04 Å². The first-order chi connectivity index (χ1) is 17.4. The van der Waals surface area contributed by atoms with Crippen molar-refractivity contribution in [3.8, 4) is 5.69 Å². The second-order valence-corrected chi connectivity index (χ2v) is 9.68. The number of carbonyl (C=O) groups excluding carboxylic acids is 1. The van der Waals surface area contributed by atoms with Crippen molar-refractivity contribution in [2.24, 2.45) is 4.99 Å². The van der Waals surface area contributed by atoms with E-state index in [1.807, 2.05) is 49.0 Å². The van der Waals surface area contributed by atoms with E-state index < -0.39 is 11.0 Å². The Kier molecular flexibility index (Phi) is 8.11. The van der Waals surface area contributed by atoms with Crippen molar-refractivity contribution in [2.75, 3.05) is 33.5 Å². The van der Waals surface area contributed by atoms with E-state index in [1.54, 1.807) is 23.9 Å². The number of carbonyl (C=O) groups is 1. The van der Waals surface area contributed by atoms with Gasteiger partial charge in [0.05, 0.1) is 23.4 Å². The molecule has 0 radical (unpaired) electrons. The molecule has 2 aromatic carbocycles. The van der Waals surface area contributed by atoms with Crippen LogP contribution < -0.4 is 0 Å². The predicted molar refractivity (Wildman–Crippen MR) is 138 cm³/mol. The SMILES string of the molecule is COC(=O)CC[C@@H]1N=C(c2ccccc2)c2cc([N+](=O)[O-])ccc2-n2c(SCCCN(C)C)nnc21. The van der Waals surface area contributed by atoms with Crippen LogP contribution >= 0.6 is 11.8 Å². The summed E-state index contributed by atoms with van der Waals surface area (Å²) >= 11 is 1.58. The lowest BCUT2D eigenvalue weighted by Crippen LogP contribution is -2.13. The first kappa shape index (κ1) is 25.5. The smallest absolute Gasteiger partial charge is 0.305 e. The Morgan fingerprint density at radius 2 is 1.97 bits per heavy atom. The van der Waals surface area contributed by atoms with E-state index in [2.05, 4.69) is 15.1 Å². The lowest BCUT2D eigenvalue weighted by atomic mass is 9.99. The van der Waals surface area contributed by atoms with E-state index in [-0.39, 0.29) is 18.1 Å². The molecule has 0 fully saturated rings. The van der Waals surface area contributed by atoms with E-state index in [0.29, 0.717) is 28.7 Å². The molecule has 2 heterocycles. The fourth-order valence-electron chi connectivity index (χ4n) is 4.04. The number of benzene rings is 2. The highest BCUT2D eigenvalue weighted by atomic mass is 32.2. The predicted octanol–water partition coefficient (Wildman–Crippen LogP) is 4.06. The van der Waals surface area contributed by atoms with Crippen LogP contribution in [0.5, 0.6) is 0 Å². The summed E-state index contributed by atoms with van der Waals surface area (Å²) in [6.45, 7) is 0.944. The Hall–Kier alpha value is -3.57. The maximum Gasteiger partial charge on any atom is 0.305 e. The van der Waals surface area contributed by atoms with E-state index in [0.717, 1.165) is 30.0 Å². The summed E-state index contributed by atoms with van der Waals surface area (Å²) in [6.07, 6.45) is 1.48. The molecule has 4 rings (SSSR count). The summed E-state index contributed by atoms with van der Waals surface area (Å²) in [4.78, 5) is 30.4. The molecule has 0 saturated heterocycles. The molecular weight excluding hydrogens is 480 g/mol. The largest absolute Gasteiger partial charge is 0.469 e. The Morgan fingerprint density at radius 1 is 1.19 bits per heavy atom. The summed E-state index contributed by atoms with van der Waals surface area (Å²) in [7, 11) is 5.42. The van der Waals surface area contributed by atoms with Crippen molar-refractivity contribution in [2.45, 2.75) is 30.5 Å². The molecule has 1 aromatic heterocycles. The van der Waals surface area contributed by atoms with Gasteiger partial charge in [0, 0.05) is 35.4 Å². The number of hydrogen-bond acceptors (Lipinski definition) is 9. The number of fused-ring (bicyclic) bond motifs is 3. The lowest BCUT2D eigenvalue weighted by Gasteiger charge is -2.14. The molecule has 0 N–H and O–H groups in total. The number of hydrogen-bond donors (Lipinski definition) is 0. The zero-order valence-electron chi connectivity index (χ0n) is 20.5. The lowest BCUT2D eigenvalue weighted by molar-refractivity contribution is -0.384. The molecule has 1 aliphatic heterocycles. The summed E-state index contributed by atoms with van der Waals surface area (Å²) in [6, 6.07) is 13.8. The molecule has 188 valence electrons. The highest BCUT2D eigenvalue weighted by molar-refractivity contribution is 7.99. The second kappa shape index (κ2) is 11.4. The van der Waals surface area contributed by atoms with Crippen LogP contribution in [0.15, 0.2) is 58.7 Å². The number of nitro benzene ring substituents is 1. The Morgan fingerprint density at radius 3 is 2.67 bits per heavy atom. The highest BCUT2D eigenvalue weighted by Gasteiger charge is 2.30. The fraction of sp³-hybridized carbons (Fsp3) is 0.360. The van der Waals surface area contributed by atoms with Crippen molar-refractivity contribution in [3.63, 3.8) is 0 Å². The number of thioether (sulfide) groups is 1. The van der Waals surface area contributed by atoms with E-state index in [9.17, 15) is 14.9 Å². The third-order valence-corrected chi connectivity index (χ3v) is 6.82. The fourth-order valence-corrected chi connectivity index (χ4v) is 4.92. The Balaban J connectivity index is 1.85. The molecule has 0 bridgehead atoms. The van der Waals surface area contributed by atoms with E-state index in [4.69, 9.17) is 9.73 Å². The third-order valence-electron chi connectivity index (χ3n) is 5.81. The van der Waals surface area contributed by atoms with Crippen molar-refractivity contribution >= 4 is 29.1 Å². The first-order valence-corrected chi connectivity index (χ1v) is 12.6. The zero-order chi connectivity index (χ0) is 25.7. The van der Waals surface area contributed by atoms with E-state index >= 15 is 0 Å². The van der Waals surface area contributed by atoms with Crippen LogP contribution in [0.3, 0.4) is 0 Å². The molecule has 0 unspecified atom stereocenters. The van der Waals surface area contributed by atoms with Crippen LogP contribution in [0.25, 0.3) is 5.69 Å². The van der Waals surface area contributed by atoms with Gasteiger partial charge < -0.3 is 9.64 Å². The topological polar surface area (TPSA) is 116 Å². The van der Waals surface area contributed by atoms with Gasteiger partial charge >= 0.3 is 5.97 Å². The molecule has 11 heteroatoms. The normalized spacial score (nSPS) is 14.6. The minimum Gasteiger partial charge on any atom is -0.469 e. The molecule has 0 aliphatic carbocycles. The molecule has 36 heavy (non-hydrogen) atoms. The van der Waals surface area contributed by atoms with Crippen LogP contribution in [0, 0.1) is 10.1 Å². The minimum absolute atomic E-state index is 0.0276. The summed E-state index contributed by atoms with van der Waals surface area (Å²) in [5.41, 5.74) is 2.74. The van der Waals surface area contributed by atoms with Gasteiger partial charge in [-0.3, -0.25) is 24.5 Å². The maximum atomic E-state index is 12.0. The molecule has 1 atom stereocenters. The highest BCUT2D eigenvalue weighted by Crippen LogP contribution is 2.37. The number of methoxy groups -OCH3 is 1. The van der Waals surface area contributed by atoms with Gasteiger partial charge in [-0.25, -0.2) is 0 Å². The van der Waals surface area contributed by atoms with Gasteiger partial charge in [0.2, 0.25) is 0 Å². The van der Waals surface area contributed by atoms with Crippen molar-refractivity contribution < 1.29 is 14.5 Å². The monoisotopic (exact) mass is 508 g/mol. The maximum absolute atomic E-state index is 12.0. The van der Waals surface area contributed by atoms with Crippen LogP contribution in [0.1, 0.15) is 42.3 Å². The van der Waals surface area contributed by atoms with Crippen LogP contribution in [-0.2, 0) is 9.53 Å². The van der Waals surface area contributed by atoms with Gasteiger partial charge in [0.15, 0.2) is 11.0 Å². The molecule has 1 aliphatic rings. The standard InChI is InChI=1S/C25H28N6O4S/c1-29(2)14-7-15-36-25-28-27-24-20(11-13-22(32)35-3)26-23(17-8-5-4-6-9-17)19-16-18(31(33)34)10-12-21(19)30(24)25/h4-6,8-10,12,16,20H,7,11,13-15H2,1-3H3/t20-/m0/s1. The summed E-state index contributed by atoms with van der Waals surface area (Å²) < 4.78 is 6.78. The Bertz CT molecular complexity index is 1270. The van der Waals surface area contributed by atoms with Crippen molar-refractivity contribution in [1.82, 2.24) is 19.7 Å². The third kappa shape index (κ3) is 5.63. The van der Waals surface area contributed by atoms with Gasteiger partial charge in [-0.05, 0) is 39.5 Å². The summed E-state index contributed by atoms with van der Waals surface area (Å²) in [5, 5.41) is 21.3. The quantitative estimate of drug-likeness (QED) is 0.132. The second-order valence-electron chi connectivity index (χ2n) is 8.61. The Labute approximate surface area is 213 Å². The molecular formula is C25H28N6O4S. The van der Waals surface area contributed by atoms with Gasteiger partial charge in [-0.1, -0.05) is 42.1 Å². The number of nitrogens with zero attached hydrogens (tertiary/aromatic N) is 6. The number of rotatable bonds is 10. The van der Waals surface area contributed by atoms with E-state index in [1.165, 1.54) is 13.2 Å². The molecule has 10 nitrogen and oxygen atoms in total. The van der Waals surface area contributed by atoms with Crippen LogP contribution in [0.4, 0.5) is 5.69 Å².